The molecule has 2 N–H and O–H groups in total. The molecule has 5 heterocycles. The molecule has 4 fully saturated rings. The molecule has 2 unspecified atom stereocenters. The topological polar surface area (TPSA) is 91.6 Å². The minimum absolute atomic E-state index is 0.0185. The first-order chi connectivity index (χ1) is 25.1. The highest BCUT2D eigenvalue weighted by molar-refractivity contribution is 6.18. The van der Waals surface area contributed by atoms with E-state index >= 15 is 8.78 Å². The zero-order valence-corrected chi connectivity index (χ0v) is 28.7. The molecule has 3 aliphatic heterocycles. The molecule has 3 aromatic carbocycles. The number of anilines is 1. The van der Waals surface area contributed by atoms with Crippen LogP contribution in [0.25, 0.3) is 43.7 Å². The van der Waals surface area contributed by atoms with Crippen molar-refractivity contribution < 1.29 is 27.4 Å². The molecular formula is C39H37F4N7O2. The third-order valence-corrected chi connectivity index (χ3v) is 11.4. The van der Waals surface area contributed by atoms with E-state index in [1.807, 2.05) is 0 Å². The predicted octanol–water partition coefficient (Wildman–Crippen LogP) is 6.65. The van der Waals surface area contributed by atoms with E-state index in [1.54, 1.807) is 17.9 Å². The lowest BCUT2D eigenvalue weighted by Gasteiger charge is -2.34. The Balaban J connectivity index is 1.19. The van der Waals surface area contributed by atoms with Crippen molar-refractivity contribution in [1.29, 1.82) is 0 Å². The maximum atomic E-state index is 17.6. The number of aromatic nitrogens is 4. The second kappa shape index (κ2) is 12.3. The molecule has 3 saturated heterocycles. The number of hydrogen-bond donors (Lipinski definition) is 2. The van der Waals surface area contributed by atoms with Gasteiger partial charge in [-0.3, -0.25) is 4.68 Å². The fourth-order valence-electron chi connectivity index (χ4n) is 8.57. The Morgan fingerprint density at radius 2 is 1.81 bits per heavy atom. The monoisotopic (exact) mass is 711 g/mol. The van der Waals surface area contributed by atoms with Crippen LogP contribution in [0.4, 0.5) is 23.4 Å². The third kappa shape index (κ3) is 5.60. The number of piperidine rings is 1. The summed E-state index contributed by atoms with van der Waals surface area (Å²) in [5.74, 6) is 1.47. The molecule has 2 aromatic heterocycles. The van der Waals surface area contributed by atoms with Gasteiger partial charge in [-0.25, -0.2) is 8.78 Å². The number of ether oxygens (including phenoxy) is 1. The molecule has 5 aromatic rings. The first kappa shape index (κ1) is 32.9. The Hall–Kier alpha value is -4.93. The van der Waals surface area contributed by atoms with E-state index < -0.39 is 17.7 Å². The number of rotatable bonds is 7. The summed E-state index contributed by atoms with van der Waals surface area (Å²) in [5.41, 5.74) is 0.554. The molecule has 268 valence electrons. The molecule has 1 saturated carbocycles. The Morgan fingerprint density at radius 3 is 2.50 bits per heavy atom. The van der Waals surface area contributed by atoms with Crippen LogP contribution in [0.3, 0.4) is 0 Å². The van der Waals surface area contributed by atoms with Gasteiger partial charge in [0.25, 0.3) is 6.08 Å². The maximum Gasteiger partial charge on any atom is 0.319 e. The van der Waals surface area contributed by atoms with E-state index in [1.165, 1.54) is 24.3 Å². The van der Waals surface area contributed by atoms with Gasteiger partial charge in [0.1, 0.15) is 28.4 Å². The lowest BCUT2D eigenvalue weighted by Crippen LogP contribution is -2.51. The van der Waals surface area contributed by atoms with Crippen LogP contribution in [0.1, 0.15) is 44.1 Å². The summed E-state index contributed by atoms with van der Waals surface area (Å²) < 4.78 is 67.0. The number of likely N-dealkylation sites (tertiary alicyclic amines) is 1. The summed E-state index contributed by atoms with van der Waals surface area (Å²) in [6.07, 6.45) is 10.6. The number of nitrogens with one attached hydrogen (secondary N) is 1. The van der Waals surface area contributed by atoms with Gasteiger partial charge in [-0.15, -0.1) is 6.42 Å². The van der Waals surface area contributed by atoms with Gasteiger partial charge < -0.3 is 25.0 Å². The Bertz CT molecular complexity index is 2340. The van der Waals surface area contributed by atoms with Crippen LogP contribution < -0.4 is 15.0 Å². The van der Waals surface area contributed by atoms with E-state index in [2.05, 4.69) is 21.0 Å². The van der Waals surface area contributed by atoms with Crippen LogP contribution in [0, 0.1) is 29.4 Å². The molecule has 9 nitrogen and oxygen atoms in total. The minimum Gasteiger partial charge on any atom is -0.508 e. The van der Waals surface area contributed by atoms with Crippen molar-refractivity contribution in [3.8, 4) is 35.2 Å². The number of terminal acetylenes is 1. The molecule has 0 radical (unpaired) electrons. The second-order valence-electron chi connectivity index (χ2n) is 14.9. The summed E-state index contributed by atoms with van der Waals surface area (Å²) in [4.78, 5) is 14.1. The third-order valence-electron chi connectivity index (χ3n) is 11.4. The summed E-state index contributed by atoms with van der Waals surface area (Å²) in [7, 11) is 1.74. The summed E-state index contributed by atoms with van der Waals surface area (Å²) >= 11 is 0. The zero-order chi connectivity index (χ0) is 35.9. The van der Waals surface area contributed by atoms with Crippen molar-refractivity contribution in [2.24, 2.45) is 12.5 Å². The Labute approximate surface area is 297 Å². The molecule has 2 atom stereocenters. The van der Waals surface area contributed by atoms with Gasteiger partial charge in [-0.05, 0) is 73.2 Å². The first-order valence-electron chi connectivity index (χ1n) is 17.8. The molecule has 2 bridgehead atoms. The van der Waals surface area contributed by atoms with Crippen LogP contribution in [-0.4, -0.2) is 81.2 Å². The van der Waals surface area contributed by atoms with E-state index in [0.717, 1.165) is 25.7 Å². The smallest absolute Gasteiger partial charge is 0.319 e. The molecule has 13 heteroatoms. The van der Waals surface area contributed by atoms with Crippen LogP contribution in [0.2, 0.25) is 0 Å². The lowest BCUT2D eigenvalue weighted by atomic mass is 9.91. The molecule has 52 heavy (non-hydrogen) atoms. The van der Waals surface area contributed by atoms with Gasteiger partial charge >= 0.3 is 6.01 Å². The number of fused-ring (bicyclic) bond motifs is 6. The zero-order valence-electron chi connectivity index (χ0n) is 28.7. The van der Waals surface area contributed by atoms with Gasteiger partial charge in [-0.1, -0.05) is 12.0 Å². The van der Waals surface area contributed by atoms with Crippen molar-refractivity contribution in [2.75, 3.05) is 44.2 Å². The number of benzene rings is 3. The fourth-order valence-corrected chi connectivity index (χ4v) is 8.57. The summed E-state index contributed by atoms with van der Waals surface area (Å²) in [6, 6.07) is 6.13. The van der Waals surface area contributed by atoms with Gasteiger partial charge in [0.15, 0.2) is 5.82 Å². The highest BCUT2D eigenvalue weighted by atomic mass is 19.3. The van der Waals surface area contributed by atoms with Crippen LogP contribution in [0.15, 0.2) is 42.1 Å². The van der Waals surface area contributed by atoms with Crippen molar-refractivity contribution in [3.05, 3.63) is 59.3 Å². The number of piperazine rings is 1. The number of hydrogen-bond acceptors (Lipinski definition) is 8. The van der Waals surface area contributed by atoms with Gasteiger partial charge in [0.05, 0.1) is 17.6 Å². The van der Waals surface area contributed by atoms with E-state index in [0.29, 0.717) is 79.7 Å². The SMILES string of the molecule is C#Cc1c(F)ccc2cc(O)cc(-c3c(F)c4nc(OCC5(CN6CCC(=C(F)F)CC6)CC5)nc(N5CC6CCC(C5)N6)c4c4cn(C)nc34)c12. The van der Waals surface area contributed by atoms with Crippen molar-refractivity contribution >= 4 is 38.4 Å². The average Bonchev–Trinajstić information content (AvgIpc) is 3.66. The lowest BCUT2D eigenvalue weighted by molar-refractivity contribution is 0.146. The van der Waals surface area contributed by atoms with Gasteiger partial charge in [0, 0.05) is 79.8 Å². The van der Waals surface area contributed by atoms with E-state index in [9.17, 15) is 13.9 Å². The second-order valence-corrected chi connectivity index (χ2v) is 14.9. The molecule has 1 aliphatic carbocycles. The number of aryl methyl sites for hydroxylation is 1. The summed E-state index contributed by atoms with van der Waals surface area (Å²) in [5, 5.41) is 21.0. The number of aromatic hydroxyl groups is 1. The van der Waals surface area contributed by atoms with Gasteiger partial charge in [-0.2, -0.15) is 23.8 Å². The number of phenolic OH excluding ortho intramolecular Hbond substituents is 1. The van der Waals surface area contributed by atoms with Crippen molar-refractivity contribution in [2.45, 2.75) is 50.6 Å². The number of nitrogens with zero attached hydrogens (tertiary/aromatic N) is 6. The van der Waals surface area contributed by atoms with E-state index in [-0.39, 0.29) is 62.4 Å². The minimum atomic E-state index is -1.56. The van der Waals surface area contributed by atoms with Crippen molar-refractivity contribution in [3.63, 3.8) is 0 Å². The normalized spacial score (nSPS) is 21.3. The standard InChI is InChI=1S/C39H37F4N7O2/c1-3-26-29(40)7-4-22-14-25(51)15-27(30(22)26)31-33(41)35-32(28-18-48(2)47-34(28)31)37(50-16-23-5-6-24(17-50)44-23)46-38(45-35)52-20-39(10-11-39)19-49-12-8-21(9-13-49)36(42)43/h1,4,7,14-15,18,23-24,44,51H,5-6,8-13,16-17,19-20H2,2H3. The molecule has 0 amide bonds. The average molecular weight is 712 g/mol. The van der Waals surface area contributed by atoms with Crippen molar-refractivity contribution in [1.82, 2.24) is 30.0 Å². The largest absolute Gasteiger partial charge is 0.508 e. The van der Waals surface area contributed by atoms with Crippen LogP contribution in [-0.2, 0) is 7.05 Å². The number of halogens is 4. The highest BCUT2D eigenvalue weighted by Gasteiger charge is 2.45. The first-order valence-corrected chi connectivity index (χ1v) is 17.8. The molecule has 4 aliphatic rings. The number of phenols is 1. The highest BCUT2D eigenvalue weighted by Crippen LogP contribution is 2.48. The van der Waals surface area contributed by atoms with Crippen LogP contribution in [0.5, 0.6) is 11.8 Å². The fraction of sp³-hybridized carbons (Fsp3) is 0.410. The molecule has 9 rings (SSSR count). The Morgan fingerprint density at radius 1 is 1.06 bits per heavy atom. The predicted molar refractivity (Wildman–Crippen MR) is 191 cm³/mol. The van der Waals surface area contributed by atoms with E-state index in [4.69, 9.17) is 26.2 Å². The maximum absolute atomic E-state index is 17.6. The Kier molecular flexibility index (Phi) is 7.82. The van der Waals surface area contributed by atoms with Crippen LogP contribution >= 0.6 is 0 Å². The van der Waals surface area contributed by atoms with Gasteiger partial charge in [0.2, 0.25) is 0 Å². The molecule has 0 spiro atoms. The molecular weight excluding hydrogens is 674 g/mol. The summed E-state index contributed by atoms with van der Waals surface area (Å²) in [6.45, 7) is 3.49. The quantitative estimate of drug-likeness (QED) is 0.143.